The molecule has 0 heterocycles. The van der Waals surface area contributed by atoms with Crippen molar-refractivity contribution in [1.82, 2.24) is 4.31 Å². The molecule has 0 saturated carbocycles. The van der Waals surface area contributed by atoms with E-state index in [1.165, 1.54) is 38.2 Å². The van der Waals surface area contributed by atoms with E-state index in [0.717, 1.165) is 16.4 Å². The quantitative estimate of drug-likeness (QED) is 0.532. The maximum atomic E-state index is 12.9. The van der Waals surface area contributed by atoms with Gasteiger partial charge in [-0.25, -0.2) is 22.0 Å². The van der Waals surface area contributed by atoms with Crippen LogP contribution in [0.25, 0.3) is 0 Å². The van der Waals surface area contributed by atoms with Gasteiger partial charge < -0.3 is 0 Å². The van der Waals surface area contributed by atoms with E-state index in [0.29, 0.717) is 5.56 Å². The Hall–Kier alpha value is -2.05. The molecule has 28 heavy (non-hydrogen) atoms. The van der Waals surface area contributed by atoms with E-state index in [4.69, 9.17) is 16.7 Å². The lowest BCUT2D eigenvalue weighted by molar-refractivity contribution is -0.385. The highest BCUT2D eigenvalue weighted by molar-refractivity contribution is 7.89. The van der Waals surface area contributed by atoms with Crippen LogP contribution >= 0.6 is 11.6 Å². The first-order valence-electron chi connectivity index (χ1n) is 7.82. The van der Waals surface area contributed by atoms with E-state index in [9.17, 15) is 26.9 Å². The van der Waals surface area contributed by atoms with Crippen molar-refractivity contribution in [2.24, 2.45) is 5.14 Å². The zero-order valence-electron chi connectivity index (χ0n) is 15.2. The van der Waals surface area contributed by atoms with Crippen LogP contribution in [0.4, 0.5) is 5.69 Å². The molecule has 2 rings (SSSR count). The van der Waals surface area contributed by atoms with Crippen LogP contribution in [0.3, 0.4) is 0 Å². The second-order valence-electron chi connectivity index (χ2n) is 6.12. The Morgan fingerprint density at radius 2 is 1.64 bits per heavy atom. The van der Waals surface area contributed by atoms with Gasteiger partial charge in [0.1, 0.15) is 0 Å². The highest BCUT2D eigenvalue weighted by Gasteiger charge is 2.29. The number of nitrogens with two attached hydrogens (primary N) is 1. The Labute approximate surface area is 168 Å². The fourth-order valence-electron chi connectivity index (χ4n) is 2.50. The molecule has 0 bridgehead atoms. The minimum atomic E-state index is -4.12. The number of rotatable bonds is 6. The highest BCUT2D eigenvalue weighted by atomic mass is 35.5. The molecule has 9 nitrogen and oxygen atoms in total. The summed E-state index contributed by atoms with van der Waals surface area (Å²) in [5, 5.41) is 16.2. The molecular formula is C16H18ClN3O6S2. The number of hydrogen-bond acceptors (Lipinski definition) is 6. The monoisotopic (exact) mass is 447 g/mol. The second-order valence-corrected chi connectivity index (χ2v) is 10.1. The fourth-order valence-corrected chi connectivity index (χ4v) is 4.69. The summed E-state index contributed by atoms with van der Waals surface area (Å²) in [6.07, 6.45) is 0. The summed E-state index contributed by atoms with van der Waals surface area (Å²) in [6, 6.07) is 6.86. The molecular weight excluding hydrogens is 430 g/mol. The topological polar surface area (TPSA) is 141 Å². The van der Waals surface area contributed by atoms with Crippen LogP contribution < -0.4 is 5.14 Å². The summed E-state index contributed by atoms with van der Waals surface area (Å²) in [6.45, 7) is 3.02. The molecule has 12 heteroatoms. The Morgan fingerprint density at radius 1 is 1.11 bits per heavy atom. The van der Waals surface area contributed by atoms with Crippen molar-refractivity contribution < 1.29 is 21.8 Å². The van der Waals surface area contributed by atoms with Crippen LogP contribution in [-0.4, -0.2) is 33.1 Å². The molecule has 2 N–H and O–H groups in total. The normalized spacial score (nSPS) is 13.5. The molecule has 0 saturated heterocycles. The minimum Gasteiger partial charge on any atom is -0.258 e. The maximum absolute atomic E-state index is 12.9. The van der Waals surface area contributed by atoms with Crippen LogP contribution in [0.5, 0.6) is 0 Å². The molecule has 0 spiro atoms. The maximum Gasteiger partial charge on any atom is 0.275 e. The van der Waals surface area contributed by atoms with E-state index < -0.39 is 36.7 Å². The Morgan fingerprint density at radius 3 is 2.11 bits per heavy atom. The molecule has 0 aliphatic heterocycles. The van der Waals surface area contributed by atoms with Crippen LogP contribution in [0, 0.1) is 17.0 Å². The van der Waals surface area contributed by atoms with Crippen LogP contribution in [0.2, 0.25) is 5.02 Å². The number of nitro benzene ring substituents is 1. The zero-order chi connectivity index (χ0) is 21.4. The van der Waals surface area contributed by atoms with Crippen molar-refractivity contribution in [1.29, 1.82) is 0 Å². The van der Waals surface area contributed by atoms with Gasteiger partial charge in [0.25, 0.3) is 5.69 Å². The largest absolute Gasteiger partial charge is 0.275 e. The number of primary sulfonamides is 1. The third kappa shape index (κ3) is 4.33. The van der Waals surface area contributed by atoms with Crippen molar-refractivity contribution in [3.63, 3.8) is 0 Å². The minimum absolute atomic E-state index is 0.0358. The molecule has 0 radical (unpaired) electrons. The molecule has 152 valence electrons. The van der Waals surface area contributed by atoms with Gasteiger partial charge in [0, 0.05) is 24.7 Å². The molecule has 1 atom stereocenters. The van der Waals surface area contributed by atoms with Gasteiger partial charge >= 0.3 is 0 Å². The third-order valence-electron chi connectivity index (χ3n) is 4.40. The summed E-state index contributed by atoms with van der Waals surface area (Å²) in [7, 11) is -6.68. The Kier molecular flexibility index (Phi) is 6.16. The molecule has 0 fully saturated rings. The van der Waals surface area contributed by atoms with Gasteiger partial charge in [0.2, 0.25) is 20.0 Å². The van der Waals surface area contributed by atoms with Crippen molar-refractivity contribution in [2.45, 2.75) is 29.7 Å². The molecule has 0 aliphatic rings. The van der Waals surface area contributed by atoms with E-state index in [-0.39, 0.29) is 20.4 Å². The average molecular weight is 448 g/mol. The summed E-state index contributed by atoms with van der Waals surface area (Å²) in [5.74, 6) is 0. The van der Waals surface area contributed by atoms with Crippen molar-refractivity contribution in [3.8, 4) is 0 Å². The van der Waals surface area contributed by atoms with Gasteiger partial charge in [-0.1, -0.05) is 23.7 Å². The van der Waals surface area contributed by atoms with E-state index in [1.807, 2.05) is 0 Å². The van der Waals surface area contributed by atoms with Crippen molar-refractivity contribution in [3.05, 3.63) is 62.7 Å². The van der Waals surface area contributed by atoms with Crippen LogP contribution in [0.1, 0.15) is 24.1 Å². The number of nitrogens with zero attached hydrogens (tertiary/aromatic N) is 2. The van der Waals surface area contributed by atoms with Gasteiger partial charge in [0.05, 0.1) is 19.7 Å². The van der Waals surface area contributed by atoms with E-state index in [2.05, 4.69) is 0 Å². The number of nitro groups is 1. The SMILES string of the molecule is Cc1c(Cl)cc(S(=O)(=O)N(C)C(C)c2ccc(S(N)(=O)=O)cc2)cc1[N+](=O)[O-]. The summed E-state index contributed by atoms with van der Waals surface area (Å²) in [4.78, 5) is 10.1. The van der Waals surface area contributed by atoms with Gasteiger partial charge in [-0.05, 0) is 37.6 Å². The lowest BCUT2D eigenvalue weighted by Crippen LogP contribution is -2.30. The van der Waals surface area contributed by atoms with Gasteiger partial charge in [-0.2, -0.15) is 4.31 Å². The smallest absolute Gasteiger partial charge is 0.258 e. The Balaban J connectivity index is 2.44. The lowest BCUT2D eigenvalue weighted by atomic mass is 10.1. The van der Waals surface area contributed by atoms with Gasteiger partial charge in [0.15, 0.2) is 0 Å². The molecule has 0 amide bonds. The first-order valence-corrected chi connectivity index (χ1v) is 11.2. The van der Waals surface area contributed by atoms with Crippen molar-refractivity contribution in [2.75, 3.05) is 7.05 Å². The zero-order valence-corrected chi connectivity index (χ0v) is 17.5. The predicted octanol–water partition coefficient (Wildman–Crippen LogP) is 2.59. The average Bonchev–Trinajstić information content (AvgIpc) is 2.61. The standard InChI is InChI=1S/C16H18ClN3O6S2/c1-10-15(17)8-14(9-16(10)20(21)22)28(25,26)19(3)11(2)12-4-6-13(7-5-12)27(18,23)24/h4-9,11H,1-3H3,(H2,18,23,24). The van der Waals surface area contributed by atoms with E-state index in [1.54, 1.807) is 6.92 Å². The summed E-state index contributed by atoms with van der Waals surface area (Å²) in [5.41, 5.74) is 0.274. The Bertz CT molecular complexity index is 1130. The molecule has 0 aliphatic carbocycles. The number of halogens is 1. The van der Waals surface area contributed by atoms with Crippen molar-refractivity contribution >= 4 is 37.3 Å². The van der Waals surface area contributed by atoms with Crippen LogP contribution in [0.15, 0.2) is 46.2 Å². The molecule has 1 unspecified atom stereocenters. The molecule has 2 aromatic carbocycles. The first kappa shape index (κ1) is 22.2. The fraction of sp³-hybridized carbons (Fsp3) is 0.250. The highest BCUT2D eigenvalue weighted by Crippen LogP contribution is 2.33. The second kappa shape index (κ2) is 7.76. The molecule has 0 aromatic heterocycles. The molecule has 2 aromatic rings. The van der Waals surface area contributed by atoms with Gasteiger partial charge in [-0.15, -0.1) is 0 Å². The number of sulfonamides is 2. The number of hydrogen-bond donors (Lipinski definition) is 1. The first-order chi connectivity index (χ1) is 12.8. The number of benzene rings is 2. The third-order valence-corrected chi connectivity index (χ3v) is 7.63. The van der Waals surface area contributed by atoms with Gasteiger partial charge in [-0.3, -0.25) is 10.1 Å². The summed E-state index contributed by atoms with van der Waals surface area (Å²) >= 11 is 5.97. The van der Waals surface area contributed by atoms with E-state index >= 15 is 0 Å². The lowest BCUT2D eigenvalue weighted by Gasteiger charge is -2.25. The van der Waals surface area contributed by atoms with Crippen LogP contribution in [-0.2, 0) is 20.0 Å². The predicted molar refractivity (Wildman–Crippen MR) is 104 cm³/mol. The summed E-state index contributed by atoms with van der Waals surface area (Å²) < 4.78 is 49.6.